The highest BCUT2D eigenvalue weighted by atomic mass is 79.9. The Balaban J connectivity index is 2.07. The van der Waals surface area contributed by atoms with Gasteiger partial charge in [0.25, 0.3) is 0 Å². The van der Waals surface area contributed by atoms with Crippen LogP contribution in [-0.2, 0) is 6.54 Å². The van der Waals surface area contributed by atoms with Crippen LogP contribution < -0.4 is 10.1 Å². The van der Waals surface area contributed by atoms with Crippen LogP contribution >= 0.6 is 15.9 Å². The van der Waals surface area contributed by atoms with E-state index in [-0.39, 0.29) is 0 Å². The summed E-state index contributed by atoms with van der Waals surface area (Å²) in [4.78, 5) is 8.49. The Hall–Kier alpha value is -1.46. The summed E-state index contributed by atoms with van der Waals surface area (Å²) in [6.45, 7) is 8.17. The van der Waals surface area contributed by atoms with Gasteiger partial charge in [-0.1, -0.05) is 13.8 Å². The van der Waals surface area contributed by atoms with Crippen LogP contribution in [0.3, 0.4) is 0 Å². The molecule has 1 N–H and O–H groups in total. The Labute approximate surface area is 134 Å². The standard InChI is InChI=1S/C16H20BrN3O/c1-11(2)7-18-8-13-4-12(3)20-16(5-13)21-15-6-14(17)9-19-10-15/h4-6,9-11,18H,7-8H2,1-3H3. The first-order valence-electron chi connectivity index (χ1n) is 6.99. The van der Waals surface area contributed by atoms with E-state index in [0.29, 0.717) is 17.5 Å². The predicted molar refractivity (Wildman–Crippen MR) is 87.5 cm³/mol. The van der Waals surface area contributed by atoms with Crippen LogP contribution in [-0.4, -0.2) is 16.5 Å². The maximum Gasteiger partial charge on any atom is 0.219 e. The summed E-state index contributed by atoms with van der Waals surface area (Å²) in [7, 11) is 0. The third-order valence-corrected chi connectivity index (χ3v) is 3.21. The van der Waals surface area contributed by atoms with E-state index < -0.39 is 0 Å². The maximum absolute atomic E-state index is 5.78. The maximum atomic E-state index is 5.78. The number of ether oxygens (including phenoxy) is 1. The van der Waals surface area contributed by atoms with Crippen LogP contribution in [0.15, 0.2) is 35.1 Å². The van der Waals surface area contributed by atoms with E-state index in [2.05, 4.69) is 51.1 Å². The molecular formula is C16H20BrN3O. The zero-order chi connectivity index (χ0) is 15.2. The van der Waals surface area contributed by atoms with E-state index in [4.69, 9.17) is 4.74 Å². The van der Waals surface area contributed by atoms with Gasteiger partial charge in [-0.15, -0.1) is 0 Å². The van der Waals surface area contributed by atoms with E-state index in [0.717, 1.165) is 23.3 Å². The summed E-state index contributed by atoms with van der Waals surface area (Å²) >= 11 is 3.38. The summed E-state index contributed by atoms with van der Waals surface area (Å²) in [5, 5.41) is 3.43. The fourth-order valence-electron chi connectivity index (χ4n) is 1.94. The molecule has 0 fully saturated rings. The molecule has 2 aromatic rings. The lowest BCUT2D eigenvalue weighted by Gasteiger charge is -2.10. The Kier molecular flexibility index (Phi) is 5.70. The first-order valence-corrected chi connectivity index (χ1v) is 7.79. The van der Waals surface area contributed by atoms with Gasteiger partial charge in [-0.3, -0.25) is 4.98 Å². The smallest absolute Gasteiger partial charge is 0.219 e. The number of aromatic nitrogens is 2. The Morgan fingerprint density at radius 3 is 2.76 bits per heavy atom. The largest absolute Gasteiger partial charge is 0.437 e. The lowest BCUT2D eigenvalue weighted by atomic mass is 10.2. The van der Waals surface area contributed by atoms with Crippen molar-refractivity contribution >= 4 is 15.9 Å². The van der Waals surface area contributed by atoms with E-state index in [1.54, 1.807) is 12.4 Å². The zero-order valence-corrected chi connectivity index (χ0v) is 14.1. The van der Waals surface area contributed by atoms with Crippen molar-refractivity contribution in [2.75, 3.05) is 6.54 Å². The number of rotatable bonds is 6. The van der Waals surface area contributed by atoms with Gasteiger partial charge in [0.15, 0.2) is 0 Å². The van der Waals surface area contributed by atoms with Gasteiger partial charge in [-0.2, -0.15) is 0 Å². The van der Waals surface area contributed by atoms with Crippen LogP contribution in [0.2, 0.25) is 0 Å². The molecule has 0 saturated heterocycles. The molecule has 0 atom stereocenters. The predicted octanol–water partition coefficient (Wildman–Crippen LogP) is 4.09. The first-order chi connectivity index (χ1) is 10.0. The molecule has 0 bridgehead atoms. The number of halogens is 1. The molecule has 2 rings (SSSR count). The van der Waals surface area contributed by atoms with E-state index in [1.807, 2.05) is 19.1 Å². The minimum atomic E-state index is 0.594. The van der Waals surface area contributed by atoms with Gasteiger partial charge in [-0.25, -0.2) is 4.98 Å². The molecule has 0 saturated carbocycles. The highest BCUT2D eigenvalue weighted by Gasteiger charge is 2.04. The quantitative estimate of drug-likeness (QED) is 0.853. The fraction of sp³-hybridized carbons (Fsp3) is 0.375. The van der Waals surface area contributed by atoms with E-state index in [1.165, 1.54) is 5.56 Å². The van der Waals surface area contributed by atoms with Crippen LogP contribution in [0.4, 0.5) is 0 Å². The molecule has 0 spiro atoms. The number of pyridine rings is 2. The van der Waals surface area contributed by atoms with Crippen molar-refractivity contribution in [1.82, 2.24) is 15.3 Å². The van der Waals surface area contributed by atoms with Crippen molar-refractivity contribution in [1.29, 1.82) is 0 Å². The van der Waals surface area contributed by atoms with Gasteiger partial charge in [0.05, 0.1) is 6.20 Å². The molecule has 0 unspecified atom stereocenters. The fourth-order valence-corrected chi connectivity index (χ4v) is 2.28. The number of nitrogens with zero attached hydrogens (tertiary/aromatic N) is 2. The first kappa shape index (κ1) is 15.9. The Morgan fingerprint density at radius 1 is 1.24 bits per heavy atom. The summed E-state index contributed by atoms with van der Waals surface area (Å²) in [5.41, 5.74) is 2.11. The molecule has 2 heterocycles. The van der Waals surface area contributed by atoms with Crippen molar-refractivity contribution in [3.05, 3.63) is 46.3 Å². The Morgan fingerprint density at radius 2 is 2.05 bits per heavy atom. The minimum absolute atomic E-state index is 0.594. The lowest BCUT2D eigenvalue weighted by molar-refractivity contribution is 0.457. The second kappa shape index (κ2) is 7.52. The third-order valence-electron chi connectivity index (χ3n) is 2.77. The van der Waals surface area contributed by atoms with Crippen LogP contribution in [0.25, 0.3) is 0 Å². The van der Waals surface area contributed by atoms with E-state index >= 15 is 0 Å². The van der Waals surface area contributed by atoms with Gasteiger partial charge < -0.3 is 10.1 Å². The summed E-state index contributed by atoms with van der Waals surface area (Å²) in [6.07, 6.45) is 3.39. The van der Waals surface area contributed by atoms with E-state index in [9.17, 15) is 0 Å². The molecule has 5 heteroatoms. The molecule has 21 heavy (non-hydrogen) atoms. The molecular weight excluding hydrogens is 330 g/mol. The normalized spacial score (nSPS) is 10.9. The molecule has 0 aliphatic heterocycles. The molecule has 2 aromatic heterocycles. The van der Waals surface area contributed by atoms with Crippen LogP contribution in [0, 0.1) is 12.8 Å². The summed E-state index contributed by atoms with van der Waals surface area (Å²) in [5.74, 6) is 1.90. The highest BCUT2D eigenvalue weighted by Crippen LogP contribution is 2.23. The van der Waals surface area contributed by atoms with Gasteiger partial charge in [-0.05, 0) is 53.0 Å². The zero-order valence-electron chi connectivity index (χ0n) is 12.6. The van der Waals surface area contributed by atoms with Gasteiger partial charge in [0.1, 0.15) is 5.75 Å². The number of nitrogens with one attached hydrogen (secondary N) is 1. The van der Waals surface area contributed by atoms with Gasteiger partial charge >= 0.3 is 0 Å². The van der Waals surface area contributed by atoms with Gasteiger partial charge in [0, 0.05) is 29.0 Å². The number of hydrogen-bond acceptors (Lipinski definition) is 4. The topological polar surface area (TPSA) is 47.0 Å². The lowest BCUT2D eigenvalue weighted by Crippen LogP contribution is -2.19. The van der Waals surface area contributed by atoms with Crippen molar-refractivity contribution in [2.45, 2.75) is 27.3 Å². The summed E-state index contributed by atoms with van der Waals surface area (Å²) in [6, 6.07) is 5.90. The number of hydrogen-bond donors (Lipinski definition) is 1. The second-order valence-electron chi connectivity index (χ2n) is 5.42. The van der Waals surface area contributed by atoms with Crippen molar-refractivity contribution in [2.24, 2.45) is 5.92 Å². The van der Waals surface area contributed by atoms with Crippen LogP contribution in [0.5, 0.6) is 11.6 Å². The molecule has 0 radical (unpaired) electrons. The van der Waals surface area contributed by atoms with Crippen molar-refractivity contribution < 1.29 is 4.74 Å². The molecule has 4 nitrogen and oxygen atoms in total. The third kappa shape index (κ3) is 5.44. The molecule has 0 aromatic carbocycles. The average Bonchev–Trinajstić information content (AvgIpc) is 2.37. The molecule has 0 amide bonds. The van der Waals surface area contributed by atoms with Crippen molar-refractivity contribution in [3.63, 3.8) is 0 Å². The average molecular weight is 350 g/mol. The monoisotopic (exact) mass is 349 g/mol. The van der Waals surface area contributed by atoms with Crippen LogP contribution in [0.1, 0.15) is 25.1 Å². The minimum Gasteiger partial charge on any atom is -0.437 e. The second-order valence-corrected chi connectivity index (χ2v) is 6.34. The SMILES string of the molecule is Cc1cc(CNCC(C)C)cc(Oc2cncc(Br)c2)n1. The molecule has 112 valence electrons. The Bertz CT molecular complexity index is 602. The molecule has 0 aliphatic carbocycles. The van der Waals surface area contributed by atoms with Gasteiger partial charge in [0.2, 0.25) is 5.88 Å². The molecule has 0 aliphatic rings. The highest BCUT2D eigenvalue weighted by molar-refractivity contribution is 9.10. The summed E-state index contributed by atoms with van der Waals surface area (Å²) < 4.78 is 6.66. The number of aryl methyl sites for hydroxylation is 1. The van der Waals surface area contributed by atoms with Crippen molar-refractivity contribution in [3.8, 4) is 11.6 Å².